The molecule has 18 heavy (non-hydrogen) atoms. The molecule has 0 aliphatic carbocycles. The van der Waals surface area contributed by atoms with Crippen molar-refractivity contribution in [2.45, 2.75) is 33.2 Å². The van der Waals surface area contributed by atoms with Crippen molar-refractivity contribution in [1.82, 2.24) is 15.1 Å². The Balaban J connectivity index is 2.63. The zero-order chi connectivity index (χ0) is 13.9. The zero-order valence-electron chi connectivity index (χ0n) is 11.7. The van der Waals surface area contributed by atoms with Gasteiger partial charge in [-0.15, -0.1) is 0 Å². The number of rotatable bonds is 5. The fraction of sp³-hybridized carbons (Fsp3) is 0.667. The Bertz CT molecular complexity index is 406. The summed E-state index contributed by atoms with van der Waals surface area (Å²) in [4.78, 5) is 13.7. The molecule has 0 bridgehead atoms. The maximum atomic E-state index is 11.9. The average Bonchev–Trinajstić information content (AvgIpc) is 2.60. The largest absolute Gasteiger partial charge is 0.394 e. The molecule has 0 aliphatic rings. The number of aromatic amines is 1. The van der Waals surface area contributed by atoms with E-state index in [4.69, 9.17) is 0 Å². The van der Waals surface area contributed by atoms with Crippen molar-refractivity contribution in [2.75, 3.05) is 25.5 Å². The molecule has 0 aromatic carbocycles. The predicted octanol–water partition coefficient (Wildman–Crippen LogP) is 0.668. The summed E-state index contributed by atoms with van der Waals surface area (Å²) >= 11 is 0. The molecule has 102 valence electrons. The van der Waals surface area contributed by atoms with Crippen LogP contribution in [0.1, 0.15) is 25.2 Å². The highest BCUT2D eigenvalue weighted by Crippen LogP contribution is 2.16. The van der Waals surface area contributed by atoms with Crippen LogP contribution in [0.5, 0.6) is 0 Å². The maximum absolute atomic E-state index is 11.9. The number of aryl methyl sites for hydroxylation is 2. The lowest BCUT2D eigenvalue weighted by Gasteiger charge is -2.33. The molecule has 1 heterocycles. The molecule has 0 fully saturated rings. The summed E-state index contributed by atoms with van der Waals surface area (Å²) in [5.74, 6) is -0.119. The van der Waals surface area contributed by atoms with Gasteiger partial charge in [-0.25, -0.2) is 0 Å². The lowest BCUT2D eigenvalue weighted by Crippen LogP contribution is -2.47. The summed E-state index contributed by atoms with van der Waals surface area (Å²) in [6, 6.07) is 0. The first kappa shape index (κ1) is 14.7. The molecule has 0 aliphatic heterocycles. The van der Waals surface area contributed by atoms with Crippen LogP contribution in [0.25, 0.3) is 0 Å². The minimum atomic E-state index is -0.419. The average molecular weight is 254 g/mol. The van der Waals surface area contributed by atoms with Crippen molar-refractivity contribution in [3.8, 4) is 0 Å². The molecule has 0 atom stereocenters. The maximum Gasteiger partial charge on any atom is 0.238 e. The van der Waals surface area contributed by atoms with Crippen molar-refractivity contribution < 1.29 is 9.90 Å². The van der Waals surface area contributed by atoms with Crippen LogP contribution in [-0.4, -0.2) is 51.8 Å². The topological polar surface area (TPSA) is 81.2 Å². The van der Waals surface area contributed by atoms with Gasteiger partial charge in [-0.3, -0.25) is 14.8 Å². The van der Waals surface area contributed by atoms with Gasteiger partial charge in [0.25, 0.3) is 0 Å². The van der Waals surface area contributed by atoms with E-state index in [0.717, 1.165) is 17.1 Å². The van der Waals surface area contributed by atoms with Crippen LogP contribution in [-0.2, 0) is 4.79 Å². The SMILES string of the molecule is Cc1n[nH]c(C)c1NC(=O)CN(C)C(C)(C)CO. The molecule has 6 nitrogen and oxygen atoms in total. The van der Waals surface area contributed by atoms with E-state index >= 15 is 0 Å². The van der Waals surface area contributed by atoms with Gasteiger partial charge in [-0.1, -0.05) is 0 Å². The summed E-state index contributed by atoms with van der Waals surface area (Å²) in [5.41, 5.74) is 1.92. The van der Waals surface area contributed by atoms with E-state index in [0.29, 0.717) is 0 Å². The first-order valence-electron chi connectivity index (χ1n) is 5.91. The van der Waals surface area contributed by atoms with E-state index in [1.54, 1.807) is 0 Å². The van der Waals surface area contributed by atoms with Crippen LogP contribution < -0.4 is 5.32 Å². The van der Waals surface area contributed by atoms with E-state index in [1.165, 1.54) is 0 Å². The molecule has 3 N–H and O–H groups in total. The van der Waals surface area contributed by atoms with Gasteiger partial charge >= 0.3 is 0 Å². The van der Waals surface area contributed by atoms with Crippen molar-refractivity contribution in [2.24, 2.45) is 0 Å². The number of hydrogen-bond acceptors (Lipinski definition) is 4. The molecular weight excluding hydrogens is 232 g/mol. The number of H-pyrrole nitrogens is 1. The van der Waals surface area contributed by atoms with Gasteiger partial charge in [0.1, 0.15) is 0 Å². The Morgan fingerprint density at radius 1 is 1.50 bits per heavy atom. The molecular formula is C12H22N4O2. The molecule has 0 unspecified atom stereocenters. The van der Waals surface area contributed by atoms with Gasteiger partial charge in [0.15, 0.2) is 0 Å². The monoisotopic (exact) mass is 254 g/mol. The number of likely N-dealkylation sites (N-methyl/N-ethyl adjacent to an activating group) is 1. The van der Waals surface area contributed by atoms with Gasteiger partial charge in [0.2, 0.25) is 5.91 Å². The number of nitrogens with zero attached hydrogens (tertiary/aromatic N) is 2. The number of hydrogen-bond donors (Lipinski definition) is 3. The number of carbonyl (C=O) groups excluding carboxylic acids is 1. The van der Waals surface area contributed by atoms with Crippen LogP contribution >= 0.6 is 0 Å². The molecule has 1 amide bonds. The second kappa shape index (κ2) is 5.49. The quantitative estimate of drug-likeness (QED) is 0.721. The predicted molar refractivity (Wildman–Crippen MR) is 70.5 cm³/mol. The van der Waals surface area contributed by atoms with Crippen LogP contribution in [0.2, 0.25) is 0 Å². The minimum Gasteiger partial charge on any atom is -0.394 e. The molecule has 6 heteroatoms. The Morgan fingerprint density at radius 2 is 2.11 bits per heavy atom. The number of anilines is 1. The van der Waals surface area contributed by atoms with Crippen molar-refractivity contribution in [3.05, 3.63) is 11.4 Å². The van der Waals surface area contributed by atoms with Gasteiger partial charge in [0.05, 0.1) is 30.2 Å². The van der Waals surface area contributed by atoms with Crippen LogP contribution in [0.4, 0.5) is 5.69 Å². The number of aliphatic hydroxyl groups excluding tert-OH is 1. The third-order valence-electron chi connectivity index (χ3n) is 3.19. The van der Waals surface area contributed by atoms with Crippen LogP contribution in [0.3, 0.4) is 0 Å². The third kappa shape index (κ3) is 3.30. The second-order valence-corrected chi connectivity index (χ2v) is 5.18. The normalized spacial score (nSPS) is 11.9. The highest BCUT2D eigenvalue weighted by Gasteiger charge is 2.24. The van der Waals surface area contributed by atoms with Gasteiger partial charge in [0, 0.05) is 5.54 Å². The standard InChI is InChI=1S/C12H22N4O2/c1-8-11(9(2)15-14-8)13-10(18)6-16(5)12(3,4)7-17/h17H,6-7H2,1-5H3,(H,13,18)(H,14,15). The van der Waals surface area contributed by atoms with E-state index < -0.39 is 5.54 Å². The van der Waals surface area contributed by atoms with Crippen molar-refractivity contribution in [1.29, 1.82) is 0 Å². The first-order chi connectivity index (χ1) is 8.27. The molecule has 0 radical (unpaired) electrons. The highest BCUT2D eigenvalue weighted by molar-refractivity contribution is 5.93. The number of aromatic nitrogens is 2. The fourth-order valence-electron chi connectivity index (χ4n) is 1.46. The highest BCUT2D eigenvalue weighted by atomic mass is 16.3. The summed E-state index contributed by atoms with van der Waals surface area (Å²) in [6.07, 6.45) is 0. The Morgan fingerprint density at radius 3 is 2.56 bits per heavy atom. The lowest BCUT2D eigenvalue weighted by molar-refractivity contribution is -0.118. The zero-order valence-corrected chi connectivity index (χ0v) is 11.7. The van der Waals surface area contributed by atoms with Crippen molar-refractivity contribution >= 4 is 11.6 Å². The third-order valence-corrected chi connectivity index (χ3v) is 3.19. The van der Waals surface area contributed by atoms with E-state index in [-0.39, 0.29) is 19.1 Å². The fourth-order valence-corrected chi connectivity index (χ4v) is 1.46. The number of nitrogens with one attached hydrogen (secondary N) is 2. The first-order valence-corrected chi connectivity index (χ1v) is 5.91. The van der Waals surface area contributed by atoms with Crippen molar-refractivity contribution in [3.63, 3.8) is 0 Å². The van der Waals surface area contributed by atoms with Crippen LogP contribution in [0.15, 0.2) is 0 Å². The van der Waals surface area contributed by atoms with E-state index in [1.807, 2.05) is 39.6 Å². The minimum absolute atomic E-state index is 0.000542. The van der Waals surface area contributed by atoms with Gasteiger partial charge in [-0.05, 0) is 34.7 Å². The lowest BCUT2D eigenvalue weighted by atomic mass is 10.1. The van der Waals surface area contributed by atoms with Gasteiger partial charge in [-0.2, -0.15) is 5.10 Å². The number of aliphatic hydroxyl groups is 1. The summed E-state index contributed by atoms with van der Waals surface area (Å²) in [5, 5.41) is 18.9. The molecule has 0 saturated heterocycles. The molecule has 0 saturated carbocycles. The Labute approximate surface area is 107 Å². The Kier molecular flexibility index (Phi) is 4.48. The van der Waals surface area contributed by atoms with Gasteiger partial charge < -0.3 is 10.4 Å². The van der Waals surface area contributed by atoms with E-state index in [9.17, 15) is 9.90 Å². The molecule has 1 aromatic heterocycles. The Hall–Kier alpha value is -1.40. The molecule has 0 spiro atoms. The molecule has 1 rings (SSSR count). The molecule has 1 aromatic rings. The second-order valence-electron chi connectivity index (χ2n) is 5.18. The summed E-state index contributed by atoms with van der Waals surface area (Å²) in [7, 11) is 1.81. The van der Waals surface area contributed by atoms with Crippen LogP contribution in [0, 0.1) is 13.8 Å². The van der Waals surface area contributed by atoms with E-state index in [2.05, 4.69) is 15.5 Å². The summed E-state index contributed by atoms with van der Waals surface area (Å²) < 4.78 is 0. The summed E-state index contributed by atoms with van der Waals surface area (Å²) in [6.45, 7) is 7.68. The smallest absolute Gasteiger partial charge is 0.238 e. The number of amides is 1. The number of carbonyl (C=O) groups is 1.